The molecule has 0 aromatic carbocycles. The molecule has 10 heteroatoms. The number of aromatic nitrogens is 3. The average Bonchev–Trinajstić information content (AvgIpc) is 3.21. The van der Waals surface area contributed by atoms with Gasteiger partial charge in [0.15, 0.2) is 5.96 Å². The van der Waals surface area contributed by atoms with Crippen molar-refractivity contribution < 1.29 is 5.11 Å². The minimum atomic E-state index is -0.604. The number of hydrogen-bond donors (Lipinski definition) is 3. The molecule has 0 bridgehead atoms. The smallest absolute Gasteiger partial charge is 0.191 e. The number of guanidine groups is 1. The quantitative estimate of drug-likeness (QED) is 0.327. The Labute approximate surface area is 179 Å². The molecule has 2 unspecified atom stereocenters. The first kappa shape index (κ1) is 21.4. The lowest BCUT2D eigenvalue weighted by molar-refractivity contribution is 0.184. The number of aliphatic hydroxyl groups excluding tert-OH is 1. The highest BCUT2D eigenvalue weighted by atomic mass is 127. The van der Waals surface area contributed by atoms with Crippen LogP contribution in [0, 0.1) is 12.8 Å². The zero-order valence-electron chi connectivity index (χ0n) is 14.8. The van der Waals surface area contributed by atoms with Crippen molar-refractivity contribution in [3.63, 3.8) is 0 Å². The van der Waals surface area contributed by atoms with E-state index in [1.807, 2.05) is 13.0 Å². The van der Waals surface area contributed by atoms with Crippen molar-refractivity contribution in [3.8, 4) is 0 Å². The van der Waals surface area contributed by atoms with E-state index in [0.29, 0.717) is 22.8 Å². The maximum absolute atomic E-state index is 10.2. The second kappa shape index (κ2) is 9.86. The minimum absolute atomic E-state index is 0. The predicted molar refractivity (Wildman–Crippen MR) is 116 cm³/mol. The molecule has 0 saturated carbocycles. The predicted octanol–water partition coefficient (Wildman–Crippen LogP) is 2.38. The molecule has 0 amide bonds. The molecule has 1 aliphatic heterocycles. The topological polar surface area (TPSA) is 87.4 Å². The van der Waals surface area contributed by atoms with Crippen molar-refractivity contribution in [2.24, 2.45) is 10.9 Å². The molecular weight excluding hydrogens is 487 g/mol. The summed E-state index contributed by atoms with van der Waals surface area (Å²) in [5.41, 5.74) is 0. The molecule has 2 aromatic heterocycles. The van der Waals surface area contributed by atoms with E-state index in [1.54, 1.807) is 13.1 Å². The second-order valence-corrected chi connectivity index (χ2v) is 7.92. The van der Waals surface area contributed by atoms with E-state index in [0.717, 1.165) is 42.5 Å². The Bertz CT molecular complexity index is 749. The Hall–Kier alpha value is -0.910. The van der Waals surface area contributed by atoms with Gasteiger partial charge >= 0.3 is 0 Å². The van der Waals surface area contributed by atoms with E-state index in [4.69, 9.17) is 11.6 Å². The van der Waals surface area contributed by atoms with Crippen LogP contribution in [0.2, 0.25) is 4.34 Å². The maximum atomic E-state index is 10.2. The van der Waals surface area contributed by atoms with Crippen LogP contribution in [-0.2, 0) is 13.0 Å². The third-order valence-electron chi connectivity index (χ3n) is 4.40. The van der Waals surface area contributed by atoms with Crippen molar-refractivity contribution >= 4 is 52.9 Å². The monoisotopic (exact) mass is 510 g/mol. The number of hydrogen-bond acceptors (Lipinski definition) is 5. The van der Waals surface area contributed by atoms with Gasteiger partial charge in [0, 0.05) is 38.0 Å². The van der Waals surface area contributed by atoms with E-state index in [2.05, 4.69) is 30.4 Å². The fraction of sp³-hybridized carbons (Fsp3) is 0.562. The standard InChI is InChI=1S/C16H23ClN6OS.HI/c1-10-21-22-15-6-3-11(9-23(10)15)7-19-16(18-2)20-8-12(24)13-4-5-14(17)25-13;/h4-5,11-12,24H,3,6-9H2,1-2H3,(H2,18,19,20);1H. The summed E-state index contributed by atoms with van der Waals surface area (Å²) in [4.78, 5) is 5.07. The Morgan fingerprint density at radius 2 is 2.27 bits per heavy atom. The van der Waals surface area contributed by atoms with Crippen LogP contribution in [-0.4, -0.2) is 46.0 Å². The number of nitrogens with zero attached hydrogens (tertiary/aromatic N) is 4. The molecule has 3 rings (SSSR count). The molecule has 0 fully saturated rings. The Balaban J connectivity index is 0.00000243. The number of aliphatic imine (C=N–C) groups is 1. The molecule has 3 heterocycles. The molecule has 0 saturated heterocycles. The normalized spacial score (nSPS) is 18.0. The molecule has 3 N–H and O–H groups in total. The third kappa shape index (κ3) is 5.30. The number of nitrogens with one attached hydrogen (secondary N) is 2. The average molecular weight is 511 g/mol. The van der Waals surface area contributed by atoms with Gasteiger partial charge in [-0.15, -0.1) is 45.5 Å². The molecule has 2 atom stereocenters. The summed E-state index contributed by atoms with van der Waals surface area (Å²) in [6.45, 7) is 4.12. The van der Waals surface area contributed by atoms with E-state index in [1.165, 1.54) is 11.3 Å². The largest absolute Gasteiger partial charge is 0.386 e. The number of thiophene rings is 1. The molecule has 0 spiro atoms. The first-order valence-corrected chi connectivity index (χ1v) is 9.52. The molecular formula is C16H24ClIN6OS. The lowest BCUT2D eigenvalue weighted by Crippen LogP contribution is -2.42. The summed E-state index contributed by atoms with van der Waals surface area (Å²) in [5, 5.41) is 25.1. The molecule has 0 radical (unpaired) electrons. The lowest BCUT2D eigenvalue weighted by atomic mass is 9.99. The van der Waals surface area contributed by atoms with Crippen LogP contribution in [0.15, 0.2) is 17.1 Å². The molecule has 7 nitrogen and oxygen atoms in total. The van der Waals surface area contributed by atoms with Gasteiger partial charge in [-0.3, -0.25) is 4.99 Å². The van der Waals surface area contributed by atoms with Crippen LogP contribution in [0.4, 0.5) is 0 Å². The van der Waals surface area contributed by atoms with E-state index in [-0.39, 0.29) is 24.0 Å². The van der Waals surface area contributed by atoms with Gasteiger partial charge < -0.3 is 20.3 Å². The summed E-state index contributed by atoms with van der Waals surface area (Å²) < 4.78 is 2.87. The molecule has 26 heavy (non-hydrogen) atoms. The summed E-state index contributed by atoms with van der Waals surface area (Å²) >= 11 is 7.30. The van der Waals surface area contributed by atoms with Gasteiger partial charge in [0.25, 0.3) is 0 Å². The van der Waals surface area contributed by atoms with Crippen molar-refractivity contribution in [3.05, 3.63) is 33.0 Å². The molecule has 0 aliphatic carbocycles. The minimum Gasteiger partial charge on any atom is -0.386 e. The summed E-state index contributed by atoms with van der Waals surface area (Å²) in [5.74, 6) is 3.24. The SMILES string of the molecule is CN=C(NCC1CCc2nnc(C)n2C1)NCC(O)c1ccc(Cl)s1.I. The highest BCUT2D eigenvalue weighted by Gasteiger charge is 2.21. The van der Waals surface area contributed by atoms with Crippen LogP contribution < -0.4 is 10.6 Å². The summed E-state index contributed by atoms with van der Waals surface area (Å²) in [7, 11) is 1.73. The van der Waals surface area contributed by atoms with E-state index >= 15 is 0 Å². The van der Waals surface area contributed by atoms with Gasteiger partial charge in [-0.25, -0.2) is 0 Å². The number of rotatable bonds is 5. The molecule has 2 aromatic rings. The van der Waals surface area contributed by atoms with Crippen LogP contribution in [0.25, 0.3) is 0 Å². The first-order valence-electron chi connectivity index (χ1n) is 8.33. The number of fused-ring (bicyclic) bond motifs is 1. The Kier molecular flexibility index (Phi) is 8.11. The zero-order valence-corrected chi connectivity index (χ0v) is 18.7. The van der Waals surface area contributed by atoms with Crippen molar-refractivity contribution in [1.29, 1.82) is 0 Å². The van der Waals surface area contributed by atoms with Crippen molar-refractivity contribution in [2.45, 2.75) is 32.4 Å². The number of aliphatic hydroxyl groups is 1. The van der Waals surface area contributed by atoms with Gasteiger partial charge in [0.05, 0.1) is 4.34 Å². The van der Waals surface area contributed by atoms with Gasteiger partial charge in [-0.2, -0.15) is 0 Å². The number of aryl methyl sites for hydroxylation is 2. The Morgan fingerprint density at radius 1 is 1.46 bits per heavy atom. The second-order valence-electron chi connectivity index (χ2n) is 6.17. The summed E-state index contributed by atoms with van der Waals surface area (Å²) in [6.07, 6.45) is 1.43. The Morgan fingerprint density at radius 3 is 2.96 bits per heavy atom. The highest BCUT2D eigenvalue weighted by Crippen LogP contribution is 2.26. The van der Waals surface area contributed by atoms with Gasteiger partial charge in [0.2, 0.25) is 0 Å². The third-order valence-corrected chi connectivity index (χ3v) is 5.73. The van der Waals surface area contributed by atoms with E-state index in [9.17, 15) is 5.11 Å². The van der Waals surface area contributed by atoms with Crippen molar-refractivity contribution in [1.82, 2.24) is 25.4 Å². The fourth-order valence-electron chi connectivity index (χ4n) is 2.96. The van der Waals surface area contributed by atoms with Crippen LogP contribution in [0.5, 0.6) is 0 Å². The molecule has 1 aliphatic rings. The van der Waals surface area contributed by atoms with Gasteiger partial charge in [0.1, 0.15) is 17.8 Å². The zero-order chi connectivity index (χ0) is 17.8. The summed E-state index contributed by atoms with van der Waals surface area (Å²) in [6, 6.07) is 3.64. The highest BCUT2D eigenvalue weighted by molar-refractivity contribution is 14.0. The van der Waals surface area contributed by atoms with Gasteiger partial charge in [-0.05, 0) is 31.4 Å². The molecule has 144 valence electrons. The van der Waals surface area contributed by atoms with Gasteiger partial charge in [-0.1, -0.05) is 11.6 Å². The maximum Gasteiger partial charge on any atom is 0.191 e. The van der Waals surface area contributed by atoms with Crippen LogP contribution >= 0.6 is 46.9 Å². The number of halogens is 2. The first-order chi connectivity index (χ1) is 12.1. The lowest BCUT2D eigenvalue weighted by Gasteiger charge is -2.25. The van der Waals surface area contributed by atoms with Crippen LogP contribution in [0.1, 0.15) is 29.1 Å². The van der Waals surface area contributed by atoms with E-state index < -0.39 is 6.10 Å². The van der Waals surface area contributed by atoms with Crippen LogP contribution in [0.3, 0.4) is 0 Å². The van der Waals surface area contributed by atoms with Crippen molar-refractivity contribution in [2.75, 3.05) is 20.1 Å². The fourth-order valence-corrected chi connectivity index (χ4v) is 4.01.